The summed E-state index contributed by atoms with van der Waals surface area (Å²) in [5.41, 5.74) is 0.670. The first-order chi connectivity index (χ1) is 13.8. The minimum Gasteiger partial charge on any atom is -0.356 e. The monoisotopic (exact) mass is 439 g/mol. The molecule has 1 aromatic carbocycles. The van der Waals surface area contributed by atoms with Gasteiger partial charge in [-0.25, -0.2) is 4.39 Å². The van der Waals surface area contributed by atoms with Gasteiger partial charge in [0.2, 0.25) is 11.8 Å². The maximum Gasteiger partial charge on any atom is 0.241 e. The van der Waals surface area contributed by atoms with Crippen LogP contribution in [0.25, 0.3) is 0 Å². The molecule has 2 heterocycles. The maximum absolute atomic E-state index is 12.2. The third-order valence-corrected chi connectivity index (χ3v) is 4.85. The molecule has 0 saturated carbocycles. The van der Waals surface area contributed by atoms with E-state index in [-0.39, 0.29) is 35.6 Å². The van der Waals surface area contributed by atoms with E-state index in [2.05, 4.69) is 22.5 Å². The van der Waals surface area contributed by atoms with Crippen molar-refractivity contribution in [3.05, 3.63) is 65.0 Å². The number of hydrogen-bond acceptors (Lipinski definition) is 3. The standard InChI is InChI=1S/C14H16ClN3O2.C7H8ClF/c15-8-2-1-3-9(6-8)17-14(20)12-7-10-11(18-12)4-5-16-13(10)19;1-6(8)4-3-5-7(2)9/h1-3,6,10-12,18H,4-5,7H2,(H,16,19)(H,17,20);3-5H,1H2,2H3/b;4-3-,7-5-. The van der Waals surface area contributed by atoms with Crippen molar-refractivity contribution >= 4 is 40.7 Å². The first kappa shape index (κ1) is 23.1. The summed E-state index contributed by atoms with van der Waals surface area (Å²) in [7, 11) is 0. The van der Waals surface area contributed by atoms with Crippen molar-refractivity contribution in [3.8, 4) is 0 Å². The Balaban J connectivity index is 0.000000284. The predicted molar refractivity (Wildman–Crippen MR) is 116 cm³/mol. The first-order valence-electron chi connectivity index (χ1n) is 9.21. The molecule has 2 aliphatic rings. The maximum atomic E-state index is 12.2. The van der Waals surface area contributed by atoms with Crippen LogP contribution in [-0.4, -0.2) is 30.4 Å². The number of halogens is 3. The lowest BCUT2D eigenvalue weighted by Crippen LogP contribution is -2.47. The molecule has 3 rings (SSSR count). The van der Waals surface area contributed by atoms with Crippen LogP contribution in [0.4, 0.5) is 10.1 Å². The number of amides is 2. The van der Waals surface area contributed by atoms with E-state index >= 15 is 0 Å². The van der Waals surface area contributed by atoms with Gasteiger partial charge in [-0.2, -0.15) is 0 Å². The molecule has 2 saturated heterocycles. The average Bonchev–Trinajstić information content (AvgIpc) is 3.07. The highest BCUT2D eigenvalue weighted by atomic mass is 35.5. The Morgan fingerprint density at radius 2 is 2.17 bits per heavy atom. The number of hydrogen-bond donors (Lipinski definition) is 3. The van der Waals surface area contributed by atoms with Crippen molar-refractivity contribution < 1.29 is 14.0 Å². The van der Waals surface area contributed by atoms with Gasteiger partial charge >= 0.3 is 0 Å². The zero-order valence-electron chi connectivity index (χ0n) is 16.1. The predicted octanol–water partition coefficient (Wildman–Crippen LogP) is 4.31. The number of piperidine rings is 1. The molecule has 0 aliphatic carbocycles. The summed E-state index contributed by atoms with van der Waals surface area (Å²) in [5.74, 6) is -0.413. The summed E-state index contributed by atoms with van der Waals surface area (Å²) in [6.07, 6.45) is 5.75. The van der Waals surface area contributed by atoms with E-state index < -0.39 is 0 Å². The molecule has 0 spiro atoms. The van der Waals surface area contributed by atoms with Crippen molar-refractivity contribution in [2.75, 3.05) is 11.9 Å². The molecular weight excluding hydrogens is 416 g/mol. The van der Waals surface area contributed by atoms with Crippen LogP contribution < -0.4 is 16.0 Å². The molecule has 0 aromatic heterocycles. The number of anilines is 1. The van der Waals surface area contributed by atoms with Gasteiger partial charge in [-0.1, -0.05) is 41.9 Å². The van der Waals surface area contributed by atoms with Crippen LogP contribution in [0, 0.1) is 5.92 Å². The lowest BCUT2D eigenvalue weighted by Gasteiger charge is -2.24. The third-order valence-electron chi connectivity index (χ3n) is 4.49. The largest absolute Gasteiger partial charge is 0.356 e. The zero-order chi connectivity index (χ0) is 21.4. The van der Waals surface area contributed by atoms with Gasteiger partial charge in [0.05, 0.1) is 17.8 Å². The summed E-state index contributed by atoms with van der Waals surface area (Å²) in [6.45, 7) is 5.42. The lowest BCUT2D eigenvalue weighted by molar-refractivity contribution is -0.126. The van der Waals surface area contributed by atoms with E-state index in [4.69, 9.17) is 23.2 Å². The van der Waals surface area contributed by atoms with Crippen molar-refractivity contribution in [1.82, 2.24) is 10.6 Å². The molecule has 156 valence electrons. The molecule has 1 aromatic rings. The van der Waals surface area contributed by atoms with Gasteiger partial charge < -0.3 is 16.0 Å². The number of benzene rings is 1. The molecule has 3 unspecified atom stereocenters. The number of rotatable bonds is 4. The van der Waals surface area contributed by atoms with Crippen molar-refractivity contribution in [3.63, 3.8) is 0 Å². The quantitative estimate of drug-likeness (QED) is 0.611. The molecular formula is C21H24Cl2FN3O2. The first-order valence-corrected chi connectivity index (χ1v) is 9.97. The van der Waals surface area contributed by atoms with Crippen molar-refractivity contribution in [2.45, 2.75) is 31.8 Å². The van der Waals surface area contributed by atoms with Gasteiger partial charge in [0.15, 0.2) is 0 Å². The molecule has 8 heteroatoms. The fourth-order valence-electron chi connectivity index (χ4n) is 3.18. The molecule has 2 amide bonds. The molecule has 0 radical (unpaired) electrons. The number of nitrogens with one attached hydrogen (secondary N) is 3. The van der Waals surface area contributed by atoms with Crippen LogP contribution >= 0.6 is 23.2 Å². The third kappa shape index (κ3) is 7.65. The second kappa shape index (κ2) is 11.1. The zero-order valence-corrected chi connectivity index (χ0v) is 17.6. The van der Waals surface area contributed by atoms with Gasteiger partial charge in [-0.05, 0) is 50.1 Å². The molecule has 2 fully saturated rings. The Morgan fingerprint density at radius 3 is 2.79 bits per heavy atom. The van der Waals surface area contributed by atoms with Crippen LogP contribution in [-0.2, 0) is 9.59 Å². The van der Waals surface area contributed by atoms with E-state index in [1.165, 1.54) is 25.2 Å². The Kier molecular flexibility index (Phi) is 8.89. The van der Waals surface area contributed by atoms with Crippen LogP contribution in [0.15, 0.2) is 59.9 Å². The summed E-state index contributed by atoms with van der Waals surface area (Å²) in [5, 5.41) is 9.90. The molecule has 3 N–H and O–H groups in total. The minimum atomic E-state index is -0.326. The molecule has 5 nitrogen and oxygen atoms in total. The van der Waals surface area contributed by atoms with E-state index in [0.717, 1.165) is 6.42 Å². The second-order valence-corrected chi connectivity index (χ2v) is 7.73. The fraction of sp³-hybridized carbons (Fsp3) is 0.333. The number of fused-ring (bicyclic) bond motifs is 1. The van der Waals surface area contributed by atoms with Crippen LogP contribution in [0.2, 0.25) is 5.02 Å². The van der Waals surface area contributed by atoms with E-state index in [9.17, 15) is 14.0 Å². The summed E-state index contributed by atoms with van der Waals surface area (Å²) in [4.78, 5) is 24.0. The average molecular weight is 440 g/mol. The van der Waals surface area contributed by atoms with Gasteiger partial charge in [-0.15, -0.1) is 0 Å². The lowest BCUT2D eigenvalue weighted by atomic mass is 9.93. The topological polar surface area (TPSA) is 70.2 Å². The number of allylic oxidation sites excluding steroid dienone is 5. The van der Waals surface area contributed by atoms with Gasteiger partial charge in [0, 0.05) is 28.3 Å². The Bertz CT molecular complexity index is 822. The van der Waals surface area contributed by atoms with E-state index in [0.29, 0.717) is 28.7 Å². The van der Waals surface area contributed by atoms with Gasteiger partial charge in [0.1, 0.15) is 0 Å². The second-order valence-electron chi connectivity index (χ2n) is 6.81. The van der Waals surface area contributed by atoms with Crippen molar-refractivity contribution in [2.24, 2.45) is 5.92 Å². The van der Waals surface area contributed by atoms with Gasteiger partial charge in [0.25, 0.3) is 0 Å². The Hall–Kier alpha value is -2.15. The Morgan fingerprint density at radius 1 is 1.41 bits per heavy atom. The van der Waals surface area contributed by atoms with Crippen LogP contribution in [0.3, 0.4) is 0 Å². The SMILES string of the molecule is C=C(Cl)/C=C\C=C(\C)F.O=C(Nc1cccc(Cl)c1)C1CC2C(=O)NCCC2N1. The Labute approximate surface area is 180 Å². The summed E-state index contributed by atoms with van der Waals surface area (Å²) >= 11 is 11.2. The van der Waals surface area contributed by atoms with Crippen LogP contribution in [0.1, 0.15) is 19.8 Å². The molecule has 0 bridgehead atoms. The number of carbonyl (C=O) groups excluding carboxylic acids is 2. The smallest absolute Gasteiger partial charge is 0.241 e. The van der Waals surface area contributed by atoms with Crippen molar-refractivity contribution in [1.29, 1.82) is 0 Å². The van der Waals surface area contributed by atoms with Gasteiger partial charge in [-0.3, -0.25) is 9.59 Å². The van der Waals surface area contributed by atoms with E-state index in [1.54, 1.807) is 24.3 Å². The summed E-state index contributed by atoms with van der Waals surface area (Å²) in [6, 6.07) is 6.82. The minimum absolute atomic E-state index is 0.0480. The van der Waals surface area contributed by atoms with E-state index in [1.807, 2.05) is 0 Å². The highest BCUT2D eigenvalue weighted by Gasteiger charge is 2.42. The summed E-state index contributed by atoms with van der Waals surface area (Å²) < 4.78 is 11.9. The highest BCUT2D eigenvalue weighted by Crippen LogP contribution is 2.26. The highest BCUT2D eigenvalue weighted by molar-refractivity contribution is 6.31. The molecule has 2 aliphatic heterocycles. The fourth-order valence-corrected chi connectivity index (χ4v) is 3.44. The van der Waals surface area contributed by atoms with Crippen LogP contribution in [0.5, 0.6) is 0 Å². The molecule has 29 heavy (non-hydrogen) atoms. The normalized spacial score (nSPS) is 23.7. The molecule has 3 atom stereocenters. The number of carbonyl (C=O) groups is 2.